The smallest absolute Gasteiger partial charge is 0.319 e. The lowest BCUT2D eigenvalue weighted by Crippen LogP contribution is -2.27. The number of amides is 2. The quantitative estimate of drug-likeness (QED) is 0.560. The van der Waals surface area contributed by atoms with Crippen LogP contribution in [0.25, 0.3) is 0 Å². The van der Waals surface area contributed by atoms with Crippen molar-refractivity contribution >= 4 is 32.9 Å². The van der Waals surface area contributed by atoms with E-state index in [1.165, 1.54) is 17.7 Å². The van der Waals surface area contributed by atoms with Crippen molar-refractivity contribution in [3.05, 3.63) is 81.5 Å². The van der Waals surface area contributed by atoms with Crippen molar-refractivity contribution in [2.24, 2.45) is 0 Å². The fourth-order valence-electron chi connectivity index (χ4n) is 3.24. The van der Waals surface area contributed by atoms with E-state index in [0.29, 0.717) is 12.2 Å². The molecule has 0 saturated heterocycles. The van der Waals surface area contributed by atoms with Gasteiger partial charge in [-0.3, -0.25) is 0 Å². The van der Waals surface area contributed by atoms with Gasteiger partial charge in [-0.15, -0.1) is 0 Å². The maximum Gasteiger partial charge on any atom is 0.319 e. The van der Waals surface area contributed by atoms with Gasteiger partial charge in [-0.2, -0.15) is 11.3 Å². The maximum absolute atomic E-state index is 12.8. The average Bonchev–Trinajstić information content (AvgIpc) is 3.38. The molecule has 1 aromatic heterocycles. The largest absolute Gasteiger partial charge is 0.334 e. The van der Waals surface area contributed by atoms with E-state index in [0.717, 1.165) is 29.8 Å². The molecule has 8 heteroatoms. The van der Waals surface area contributed by atoms with E-state index >= 15 is 0 Å². The molecular formula is C21H21N3O3S2. The highest BCUT2D eigenvalue weighted by Gasteiger charge is 2.18. The van der Waals surface area contributed by atoms with Crippen LogP contribution in [0.4, 0.5) is 10.5 Å². The van der Waals surface area contributed by atoms with Gasteiger partial charge in [0.2, 0.25) is 0 Å². The second-order valence-electron chi connectivity index (χ2n) is 6.93. The zero-order valence-electron chi connectivity index (χ0n) is 15.6. The molecule has 6 nitrogen and oxygen atoms in total. The van der Waals surface area contributed by atoms with Crippen LogP contribution in [0.2, 0.25) is 0 Å². The van der Waals surface area contributed by atoms with Crippen LogP contribution >= 0.6 is 11.3 Å². The first-order valence-corrected chi connectivity index (χ1v) is 11.8. The number of hydrogen-bond acceptors (Lipinski definition) is 5. The Labute approximate surface area is 173 Å². The molecule has 29 heavy (non-hydrogen) atoms. The van der Waals surface area contributed by atoms with Gasteiger partial charge in [-0.1, -0.05) is 18.2 Å². The molecule has 4 rings (SSSR count). The Balaban J connectivity index is 1.38. The molecule has 150 valence electrons. The number of sulfone groups is 1. The molecule has 0 atom stereocenters. The third kappa shape index (κ3) is 4.84. The summed E-state index contributed by atoms with van der Waals surface area (Å²) in [5, 5.41) is 12.7. The van der Waals surface area contributed by atoms with Crippen molar-refractivity contribution in [3.63, 3.8) is 0 Å². The highest BCUT2D eigenvalue weighted by molar-refractivity contribution is 7.90. The summed E-state index contributed by atoms with van der Waals surface area (Å²) in [6, 6.07) is 13.7. The minimum atomic E-state index is -3.46. The second kappa shape index (κ2) is 8.36. The van der Waals surface area contributed by atoms with Crippen LogP contribution in [-0.2, 0) is 35.2 Å². The number of anilines is 1. The van der Waals surface area contributed by atoms with Gasteiger partial charge in [0, 0.05) is 25.3 Å². The van der Waals surface area contributed by atoms with Crippen molar-refractivity contribution in [1.82, 2.24) is 10.6 Å². The molecule has 0 spiro atoms. The lowest BCUT2D eigenvalue weighted by Gasteiger charge is -2.09. The summed E-state index contributed by atoms with van der Waals surface area (Å²) in [5.41, 5.74) is 4.73. The summed E-state index contributed by atoms with van der Waals surface area (Å²) in [4.78, 5) is 12.2. The van der Waals surface area contributed by atoms with Crippen molar-refractivity contribution in [1.29, 1.82) is 0 Å². The summed E-state index contributed by atoms with van der Waals surface area (Å²) in [6.07, 6.45) is 0. The molecule has 0 radical (unpaired) electrons. The summed E-state index contributed by atoms with van der Waals surface area (Å²) >= 11 is 1.57. The lowest BCUT2D eigenvalue weighted by atomic mass is 10.1. The van der Waals surface area contributed by atoms with Gasteiger partial charge >= 0.3 is 6.03 Å². The molecule has 0 saturated carbocycles. The molecule has 0 fully saturated rings. The SMILES string of the molecule is O=C(NCc1ccsc1)Nc1ccc(S(=O)(=O)Cc2ccc3c(c2)CNC3)cc1. The number of fused-ring (bicyclic) bond motifs is 1. The van der Waals surface area contributed by atoms with E-state index in [1.807, 2.05) is 35.0 Å². The maximum atomic E-state index is 12.8. The Morgan fingerprint density at radius 2 is 1.79 bits per heavy atom. The molecule has 2 aromatic carbocycles. The normalized spacial score (nSPS) is 13.1. The number of carbonyl (C=O) groups is 1. The molecule has 2 heterocycles. The Kier molecular flexibility index (Phi) is 5.66. The zero-order valence-corrected chi connectivity index (χ0v) is 17.3. The molecular weight excluding hydrogens is 406 g/mol. The highest BCUT2D eigenvalue weighted by Crippen LogP contribution is 2.22. The van der Waals surface area contributed by atoms with Crippen molar-refractivity contribution in [3.8, 4) is 0 Å². The van der Waals surface area contributed by atoms with Gasteiger partial charge in [0.15, 0.2) is 9.84 Å². The molecule has 0 unspecified atom stereocenters. The highest BCUT2D eigenvalue weighted by atomic mass is 32.2. The predicted octanol–water partition coefficient (Wildman–Crippen LogP) is 3.65. The van der Waals surface area contributed by atoms with Gasteiger partial charge in [0.25, 0.3) is 0 Å². The number of carbonyl (C=O) groups excluding carboxylic acids is 1. The second-order valence-corrected chi connectivity index (χ2v) is 9.70. The molecule has 1 aliphatic rings. The predicted molar refractivity (Wildman–Crippen MR) is 114 cm³/mol. The third-order valence-electron chi connectivity index (χ3n) is 4.76. The van der Waals surface area contributed by atoms with Crippen LogP contribution in [0.15, 0.2) is 64.2 Å². The molecule has 0 aliphatic carbocycles. The van der Waals surface area contributed by atoms with Gasteiger partial charge in [-0.25, -0.2) is 13.2 Å². The van der Waals surface area contributed by atoms with E-state index in [-0.39, 0.29) is 16.7 Å². The first-order chi connectivity index (χ1) is 14.0. The molecule has 2 amide bonds. The number of urea groups is 1. The lowest BCUT2D eigenvalue weighted by molar-refractivity contribution is 0.252. The van der Waals surface area contributed by atoms with Crippen LogP contribution in [0.5, 0.6) is 0 Å². The average molecular weight is 428 g/mol. The number of benzene rings is 2. The molecule has 0 bridgehead atoms. The van der Waals surface area contributed by atoms with Gasteiger partial charge in [-0.05, 0) is 63.3 Å². The van der Waals surface area contributed by atoms with E-state index < -0.39 is 9.84 Å². The van der Waals surface area contributed by atoms with E-state index in [2.05, 4.69) is 16.0 Å². The first-order valence-electron chi connectivity index (χ1n) is 9.20. The fraction of sp³-hybridized carbons (Fsp3) is 0.190. The number of hydrogen-bond donors (Lipinski definition) is 3. The van der Waals surface area contributed by atoms with Crippen LogP contribution in [-0.4, -0.2) is 14.4 Å². The van der Waals surface area contributed by atoms with E-state index in [9.17, 15) is 13.2 Å². The zero-order chi connectivity index (χ0) is 20.3. The van der Waals surface area contributed by atoms with Gasteiger partial charge in [0.05, 0.1) is 10.6 Å². The number of rotatable bonds is 6. The van der Waals surface area contributed by atoms with Gasteiger partial charge < -0.3 is 16.0 Å². The third-order valence-corrected chi connectivity index (χ3v) is 7.20. The topological polar surface area (TPSA) is 87.3 Å². The standard InChI is InChI=1S/C21H21N3O3S2/c25-21(23-10-16-7-8-28-13-16)24-19-3-5-20(6-4-19)29(26,27)14-15-1-2-17-11-22-12-18(17)9-15/h1-9,13,22H,10-12,14H2,(H2,23,24,25). The number of thiophene rings is 1. The minimum absolute atomic E-state index is 0.0474. The Morgan fingerprint density at radius 1 is 1.00 bits per heavy atom. The van der Waals surface area contributed by atoms with Crippen molar-refractivity contribution in [2.75, 3.05) is 5.32 Å². The molecule has 1 aliphatic heterocycles. The van der Waals surface area contributed by atoms with Crippen LogP contribution in [0, 0.1) is 0 Å². The Hall–Kier alpha value is -2.68. The summed E-state index contributed by atoms with van der Waals surface area (Å²) in [7, 11) is -3.46. The Morgan fingerprint density at radius 3 is 2.55 bits per heavy atom. The van der Waals surface area contributed by atoms with E-state index in [1.54, 1.807) is 23.5 Å². The first kappa shape index (κ1) is 19.6. The summed E-state index contributed by atoms with van der Waals surface area (Å²) in [5.74, 6) is -0.0474. The van der Waals surface area contributed by atoms with Crippen molar-refractivity contribution in [2.45, 2.75) is 30.3 Å². The van der Waals surface area contributed by atoms with Crippen LogP contribution in [0.1, 0.15) is 22.3 Å². The molecule has 3 N–H and O–H groups in total. The van der Waals surface area contributed by atoms with Crippen LogP contribution < -0.4 is 16.0 Å². The number of nitrogens with one attached hydrogen (secondary N) is 3. The van der Waals surface area contributed by atoms with E-state index in [4.69, 9.17) is 0 Å². The van der Waals surface area contributed by atoms with Crippen molar-refractivity contribution < 1.29 is 13.2 Å². The summed E-state index contributed by atoms with van der Waals surface area (Å²) in [6.45, 7) is 2.05. The minimum Gasteiger partial charge on any atom is -0.334 e. The van der Waals surface area contributed by atoms with Gasteiger partial charge in [0.1, 0.15) is 0 Å². The monoisotopic (exact) mass is 427 g/mol. The van der Waals surface area contributed by atoms with Crippen LogP contribution in [0.3, 0.4) is 0 Å². The fourth-order valence-corrected chi connectivity index (χ4v) is 5.24. The molecule has 3 aromatic rings. The summed E-state index contributed by atoms with van der Waals surface area (Å²) < 4.78 is 25.5. The Bertz CT molecular complexity index is 1110.